The smallest absolute Gasteiger partial charge is 0.222 e. The van der Waals surface area contributed by atoms with E-state index in [0.29, 0.717) is 12.3 Å². The maximum Gasteiger partial charge on any atom is 0.222 e. The molecule has 1 fully saturated rings. The summed E-state index contributed by atoms with van der Waals surface area (Å²) in [4.78, 5) is 25.0. The van der Waals surface area contributed by atoms with E-state index in [1.807, 2.05) is 0 Å². The molecule has 0 aromatic rings. The van der Waals surface area contributed by atoms with Crippen LogP contribution < -0.4 is 5.32 Å². The van der Waals surface area contributed by atoms with Gasteiger partial charge in [-0.25, -0.2) is 0 Å². The van der Waals surface area contributed by atoms with E-state index in [9.17, 15) is 9.59 Å². The fourth-order valence-electron chi connectivity index (χ4n) is 3.04. The Bertz CT molecular complexity index is 329. The average molecular weight is 296 g/mol. The number of nitrogens with zero attached hydrogens (tertiary/aromatic N) is 1. The summed E-state index contributed by atoms with van der Waals surface area (Å²) in [5.74, 6) is 1.85. The van der Waals surface area contributed by atoms with Crippen molar-refractivity contribution in [3.63, 3.8) is 0 Å². The zero-order chi connectivity index (χ0) is 15.7. The molecule has 1 aliphatic heterocycles. The standard InChI is InChI=1S/C17H32N2O2/c1-14(2)16-8-7-12-19(13-10-16)17(21)9-5-4-6-11-18-15(3)20/h14,16H,4-13H2,1-3H3,(H,18,20). The summed E-state index contributed by atoms with van der Waals surface area (Å²) in [5, 5.41) is 2.79. The van der Waals surface area contributed by atoms with Crippen LogP contribution in [-0.4, -0.2) is 36.3 Å². The van der Waals surface area contributed by atoms with Gasteiger partial charge in [0, 0.05) is 33.0 Å². The van der Waals surface area contributed by atoms with Crippen LogP contribution in [0.1, 0.15) is 65.7 Å². The Hall–Kier alpha value is -1.06. The van der Waals surface area contributed by atoms with Gasteiger partial charge in [-0.05, 0) is 43.9 Å². The summed E-state index contributed by atoms with van der Waals surface area (Å²) in [6.45, 7) is 8.71. The lowest BCUT2D eigenvalue weighted by molar-refractivity contribution is -0.131. The minimum Gasteiger partial charge on any atom is -0.356 e. The van der Waals surface area contributed by atoms with Gasteiger partial charge in [0.25, 0.3) is 0 Å². The van der Waals surface area contributed by atoms with Gasteiger partial charge in [0.2, 0.25) is 11.8 Å². The molecule has 0 bridgehead atoms. The molecule has 1 aliphatic rings. The minimum atomic E-state index is 0.0235. The van der Waals surface area contributed by atoms with Crippen molar-refractivity contribution in [1.82, 2.24) is 10.2 Å². The number of nitrogens with one attached hydrogen (secondary N) is 1. The van der Waals surface area contributed by atoms with Crippen molar-refractivity contribution in [2.24, 2.45) is 11.8 Å². The number of unbranched alkanes of at least 4 members (excludes halogenated alkanes) is 2. The van der Waals surface area contributed by atoms with Gasteiger partial charge in [0.1, 0.15) is 0 Å². The second-order valence-electron chi connectivity index (χ2n) is 6.61. The molecule has 21 heavy (non-hydrogen) atoms. The van der Waals surface area contributed by atoms with Gasteiger partial charge in [-0.1, -0.05) is 20.3 Å². The van der Waals surface area contributed by atoms with E-state index in [1.165, 1.54) is 13.3 Å². The maximum absolute atomic E-state index is 12.2. The summed E-state index contributed by atoms with van der Waals surface area (Å²) < 4.78 is 0. The number of likely N-dealkylation sites (tertiary alicyclic amines) is 1. The number of hydrogen-bond acceptors (Lipinski definition) is 2. The first kappa shape index (κ1) is 18.0. The molecule has 122 valence electrons. The van der Waals surface area contributed by atoms with E-state index in [2.05, 4.69) is 24.1 Å². The Morgan fingerprint density at radius 1 is 1.14 bits per heavy atom. The highest BCUT2D eigenvalue weighted by Gasteiger charge is 2.21. The molecule has 1 rings (SSSR count). The molecule has 0 radical (unpaired) electrons. The van der Waals surface area contributed by atoms with Crippen LogP contribution in [0.3, 0.4) is 0 Å². The van der Waals surface area contributed by atoms with Crippen molar-refractivity contribution in [3.05, 3.63) is 0 Å². The van der Waals surface area contributed by atoms with Gasteiger partial charge in [-0.15, -0.1) is 0 Å². The summed E-state index contributed by atoms with van der Waals surface area (Å²) in [7, 11) is 0. The van der Waals surface area contributed by atoms with Gasteiger partial charge < -0.3 is 10.2 Å². The molecule has 2 amide bonds. The van der Waals surface area contributed by atoms with Gasteiger partial charge in [-0.2, -0.15) is 0 Å². The molecule has 0 spiro atoms. The average Bonchev–Trinajstić information content (AvgIpc) is 2.68. The molecular weight excluding hydrogens is 264 g/mol. The normalized spacial score (nSPS) is 19.4. The van der Waals surface area contributed by atoms with Crippen molar-refractivity contribution in [1.29, 1.82) is 0 Å². The predicted molar refractivity (Wildman–Crippen MR) is 85.9 cm³/mol. The summed E-state index contributed by atoms with van der Waals surface area (Å²) >= 11 is 0. The lowest BCUT2D eigenvalue weighted by atomic mass is 9.89. The first-order chi connectivity index (χ1) is 10.0. The third-order valence-corrected chi connectivity index (χ3v) is 4.51. The molecule has 1 saturated heterocycles. The van der Waals surface area contributed by atoms with E-state index < -0.39 is 0 Å². The highest BCUT2D eigenvalue weighted by atomic mass is 16.2. The van der Waals surface area contributed by atoms with Crippen LogP contribution in [-0.2, 0) is 9.59 Å². The summed E-state index contributed by atoms with van der Waals surface area (Å²) in [6.07, 6.45) is 7.13. The van der Waals surface area contributed by atoms with Crippen molar-refractivity contribution in [2.75, 3.05) is 19.6 Å². The highest BCUT2D eigenvalue weighted by molar-refractivity contribution is 5.76. The lowest BCUT2D eigenvalue weighted by Crippen LogP contribution is -2.32. The Balaban J connectivity index is 2.15. The van der Waals surface area contributed by atoms with E-state index in [1.54, 1.807) is 0 Å². The molecule has 1 heterocycles. The Labute approximate surface area is 129 Å². The van der Waals surface area contributed by atoms with Crippen molar-refractivity contribution >= 4 is 11.8 Å². The highest BCUT2D eigenvalue weighted by Crippen LogP contribution is 2.24. The number of amides is 2. The van der Waals surface area contributed by atoms with Crippen LogP contribution in [0.2, 0.25) is 0 Å². The second kappa shape index (κ2) is 9.80. The summed E-state index contributed by atoms with van der Waals surface area (Å²) in [5.41, 5.74) is 0. The van der Waals surface area contributed by atoms with Crippen LogP contribution in [0.5, 0.6) is 0 Å². The number of carbonyl (C=O) groups excluding carboxylic acids is 2. The number of carbonyl (C=O) groups is 2. The monoisotopic (exact) mass is 296 g/mol. The van der Waals surface area contributed by atoms with Crippen molar-refractivity contribution < 1.29 is 9.59 Å². The van der Waals surface area contributed by atoms with E-state index >= 15 is 0 Å². The molecule has 0 aliphatic carbocycles. The summed E-state index contributed by atoms with van der Waals surface area (Å²) in [6, 6.07) is 0. The van der Waals surface area contributed by atoms with Crippen LogP contribution in [0.25, 0.3) is 0 Å². The van der Waals surface area contributed by atoms with Gasteiger partial charge in [-0.3, -0.25) is 9.59 Å². The maximum atomic E-state index is 12.2. The first-order valence-corrected chi connectivity index (χ1v) is 8.53. The molecule has 1 unspecified atom stereocenters. The molecule has 0 aromatic heterocycles. The third kappa shape index (κ3) is 7.49. The topological polar surface area (TPSA) is 49.4 Å². The fourth-order valence-corrected chi connectivity index (χ4v) is 3.04. The lowest BCUT2D eigenvalue weighted by Gasteiger charge is -2.21. The molecular formula is C17H32N2O2. The SMILES string of the molecule is CC(=O)NCCCCCC(=O)N1CCCC(C(C)C)CC1. The van der Waals surface area contributed by atoms with Gasteiger partial charge in [0.15, 0.2) is 0 Å². The Kier molecular flexibility index (Phi) is 8.40. The van der Waals surface area contributed by atoms with Gasteiger partial charge in [0.05, 0.1) is 0 Å². The quantitative estimate of drug-likeness (QED) is 0.734. The molecule has 1 atom stereocenters. The van der Waals surface area contributed by atoms with Crippen molar-refractivity contribution in [3.8, 4) is 0 Å². The molecule has 0 aromatic carbocycles. The molecule has 1 N–H and O–H groups in total. The predicted octanol–water partition coefficient (Wildman–Crippen LogP) is 2.97. The molecule has 0 saturated carbocycles. The van der Waals surface area contributed by atoms with Crippen LogP contribution in [0.15, 0.2) is 0 Å². The third-order valence-electron chi connectivity index (χ3n) is 4.51. The second-order valence-corrected chi connectivity index (χ2v) is 6.61. The zero-order valence-corrected chi connectivity index (χ0v) is 14.0. The van der Waals surface area contributed by atoms with Crippen LogP contribution >= 0.6 is 0 Å². The van der Waals surface area contributed by atoms with E-state index in [4.69, 9.17) is 0 Å². The van der Waals surface area contributed by atoms with Crippen LogP contribution in [0.4, 0.5) is 0 Å². The van der Waals surface area contributed by atoms with Crippen molar-refractivity contribution in [2.45, 2.75) is 65.7 Å². The van der Waals surface area contributed by atoms with E-state index in [0.717, 1.165) is 63.6 Å². The Morgan fingerprint density at radius 2 is 1.90 bits per heavy atom. The molecule has 4 heteroatoms. The largest absolute Gasteiger partial charge is 0.356 e. The minimum absolute atomic E-state index is 0.0235. The first-order valence-electron chi connectivity index (χ1n) is 8.53. The number of rotatable bonds is 7. The van der Waals surface area contributed by atoms with Gasteiger partial charge >= 0.3 is 0 Å². The molecule has 4 nitrogen and oxygen atoms in total. The number of hydrogen-bond donors (Lipinski definition) is 1. The zero-order valence-electron chi connectivity index (χ0n) is 14.0. The Morgan fingerprint density at radius 3 is 2.57 bits per heavy atom. The van der Waals surface area contributed by atoms with Crippen LogP contribution in [0, 0.1) is 11.8 Å². The fraction of sp³-hybridized carbons (Fsp3) is 0.882. The van der Waals surface area contributed by atoms with E-state index in [-0.39, 0.29) is 5.91 Å².